The SMILES string of the molecule is Cc1ccc(CN2C(=O)C(O)(c3cc4c(cc3O)OCO4)c3ccccc32)o1. The lowest BCUT2D eigenvalue weighted by Gasteiger charge is -2.24. The lowest BCUT2D eigenvalue weighted by Crippen LogP contribution is -2.40. The molecule has 0 spiro atoms. The van der Waals surface area contributed by atoms with Crippen molar-refractivity contribution in [1.29, 1.82) is 0 Å². The zero-order valence-electron chi connectivity index (χ0n) is 15.0. The molecule has 0 radical (unpaired) electrons. The molecule has 7 nitrogen and oxygen atoms in total. The zero-order valence-corrected chi connectivity index (χ0v) is 15.0. The van der Waals surface area contributed by atoms with Crippen molar-refractivity contribution in [3.8, 4) is 17.2 Å². The standard InChI is InChI=1S/C21H17NO6/c1-12-6-7-13(28-12)10-22-16-5-3-2-4-14(16)21(25,20(22)24)15-8-18-19(9-17(15)23)27-11-26-18/h2-9,23,25H,10-11H2,1H3. The number of aliphatic hydroxyl groups is 1. The Balaban J connectivity index is 1.65. The molecule has 3 heterocycles. The second-order valence-corrected chi connectivity index (χ2v) is 6.85. The first-order chi connectivity index (χ1) is 13.5. The number of rotatable bonds is 3. The van der Waals surface area contributed by atoms with Gasteiger partial charge in [0.05, 0.1) is 12.2 Å². The summed E-state index contributed by atoms with van der Waals surface area (Å²) < 4.78 is 16.2. The molecule has 1 atom stereocenters. The summed E-state index contributed by atoms with van der Waals surface area (Å²) in [6.07, 6.45) is 0. The van der Waals surface area contributed by atoms with Gasteiger partial charge in [-0.1, -0.05) is 18.2 Å². The quantitative estimate of drug-likeness (QED) is 0.727. The lowest BCUT2D eigenvalue weighted by molar-refractivity contribution is -0.132. The Hall–Kier alpha value is -3.45. The largest absolute Gasteiger partial charge is 0.507 e. The number of benzene rings is 2. The highest BCUT2D eigenvalue weighted by molar-refractivity contribution is 6.09. The average molecular weight is 379 g/mol. The fraction of sp³-hybridized carbons (Fsp3) is 0.190. The Morgan fingerprint density at radius 2 is 1.82 bits per heavy atom. The van der Waals surface area contributed by atoms with Gasteiger partial charge in [0, 0.05) is 17.2 Å². The number of amides is 1. The molecule has 2 aromatic carbocycles. The van der Waals surface area contributed by atoms with Gasteiger partial charge in [-0.3, -0.25) is 4.79 Å². The monoisotopic (exact) mass is 379 g/mol. The Morgan fingerprint density at radius 3 is 2.57 bits per heavy atom. The minimum atomic E-state index is -2.05. The number of fused-ring (bicyclic) bond motifs is 2. The van der Waals surface area contributed by atoms with Crippen molar-refractivity contribution in [3.63, 3.8) is 0 Å². The second kappa shape index (κ2) is 5.77. The predicted molar refractivity (Wildman–Crippen MR) is 98.3 cm³/mol. The summed E-state index contributed by atoms with van der Waals surface area (Å²) in [5, 5.41) is 22.1. The Bertz CT molecular complexity index is 1100. The number of phenols is 1. The first-order valence-corrected chi connectivity index (χ1v) is 8.80. The van der Waals surface area contributed by atoms with Crippen molar-refractivity contribution in [2.45, 2.75) is 19.1 Å². The maximum Gasteiger partial charge on any atom is 0.269 e. The van der Waals surface area contributed by atoms with Crippen LogP contribution < -0.4 is 14.4 Å². The van der Waals surface area contributed by atoms with Crippen molar-refractivity contribution >= 4 is 11.6 Å². The van der Waals surface area contributed by atoms with E-state index in [-0.39, 0.29) is 24.7 Å². The van der Waals surface area contributed by atoms with Crippen molar-refractivity contribution in [2.75, 3.05) is 11.7 Å². The van der Waals surface area contributed by atoms with E-state index in [0.29, 0.717) is 28.5 Å². The fourth-order valence-electron chi connectivity index (χ4n) is 3.80. The number of phenolic OH excluding ortho intramolecular Hbond substituents is 1. The number of carbonyl (C=O) groups excluding carboxylic acids is 1. The number of ether oxygens (including phenoxy) is 2. The first-order valence-electron chi connectivity index (χ1n) is 8.80. The van der Waals surface area contributed by atoms with Crippen LogP contribution in [-0.2, 0) is 16.9 Å². The van der Waals surface area contributed by atoms with Gasteiger partial charge in [0.1, 0.15) is 17.3 Å². The Labute approximate surface area is 160 Å². The number of hydrogen-bond donors (Lipinski definition) is 2. The van der Waals surface area contributed by atoms with Gasteiger partial charge in [0.15, 0.2) is 11.5 Å². The molecule has 28 heavy (non-hydrogen) atoms. The number of nitrogens with zero attached hydrogens (tertiary/aromatic N) is 1. The van der Waals surface area contributed by atoms with Gasteiger partial charge < -0.3 is 29.0 Å². The normalized spacial score (nSPS) is 19.9. The summed E-state index contributed by atoms with van der Waals surface area (Å²) in [4.78, 5) is 14.9. The summed E-state index contributed by atoms with van der Waals surface area (Å²) >= 11 is 0. The maximum atomic E-state index is 13.4. The Kier molecular flexibility index (Phi) is 3.44. The van der Waals surface area contributed by atoms with E-state index in [1.54, 1.807) is 30.3 Å². The van der Waals surface area contributed by atoms with Crippen molar-refractivity contribution in [2.24, 2.45) is 0 Å². The smallest absolute Gasteiger partial charge is 0.269 e. The zero-order chi connectivity index (χ0) is 19.5. The van der Waals surface area contributed by atoms with Gasteiger partial charge in [-0.05, 0) is 31.2 Å². The number of aryl methyl sites for hydroxylation is 1. The van der Waals surface area contributed by atoms with Crippen LogP contribution in [0.5, 0.6) is 17.2 Å². The van der Waals surface area contributed by atoms with Gasteiger partial charge >= 0.3 is 0 Å². The molecule has 2 aliphatic heterocycles. The van der Waals surface area contributed by atoms with Crippen LogP contribution in [0.4, 0.5) is 5.69 Å². The predicted octanol–water partition coefficient (Wildman–Crippen LogP) is 2.81. The molecule has 1 unspecified atom stereocenters. The van der Waals surface area contributed by atoms with Crippen molar-refractivity contribution in [1.82, 2.24) is 0 Å². The summed E-state index contributed by atoms with van der Waals surface area (Å²) in [6, 6.07) is 13.4. The number of furan rings is 1. The van der Waals surface area contributed by atoms with Crippen LogP contribution in [0.15, 0.2) is 52.9 Å². The lowest BCUT2D eigenvalue weighted by atomic mass is 9.86. The molecule has 2 N–H and O–H groups in total. The summed E-state index contributed by atoms with van der Waals surface area (Å²) in [5.41, 5.74) is -1.06. The topological polar surface area (TPSA) is 92.4 Å². The number of anilines is 1. The van der Waals surface area contributed by atoms with Gasteiger partial charge in [0.2, 0.25) is 12.4 Å². The molecule has 142 valence electrons. The fourth-order valence-corrected chi connectivity index (χ4v) is 3.80. The number of aromatic hydroxyl groups is 1. The van der Waals surface area contributed by atoms with E-state index in [0.717, 1.165) is 5.76 Å². The third-order valence-electron chi connectivity index (χ3n) is 5.13. The molecule has 7 heteroatoms. The molecular weight excluding hydrogens is 362 g/mol. The summed E-state index contributed by atoms with van der Waals surface area (Å²) in [6.45, 7) is 2.01. The minimum absolute atomic E-state index is 0.0190. The molecule has 1 amide bonds. The third-order valence-corrected chi connectivity index (χ3v) is 5.13. The summed E-state index contributed by atoms with van der Waals surface area (Å²) in [5.74, 6) is 1.25. The highest BCUT2D eigenvalue weighted by Gasteiger charge is 2.53. The maximum absolute atomic E-state index is 13.4. The Morgan fingerprint density at radius 1 is 1.07 bits per heavy atom. The van der Waals surface area contributed by atoms with Crippen LogP contribution in [0.25, 0.3) is 0 Å². The molecule has 0 fully saturated rings. The highest BCUT2D eigenvalue weighted by atomic mass is 16.7. The van der Waals surface area contributed by atoms with Gasteiger partial charge in [-0.25, -0.2) is 0 Å². The van der Waals surface area contributed by atoms with E-state index in [1.165, 1.54) is 17.0 Å². The third kappa shape index (κ3) is 2.23. The molecule has 1 aromatic heterocycles. The number of carbonyl (C=O) groups is 1. The van der Waals surface area contributed by atoms with Gasteiger partial charge in [-0.2, -0.15) is 0 Å². The van der Waals surface area contributed by atoms with E-state index >= 15 is 0 Å². The van der Waals surface area contributed by atoms with Gasteiger partial charge in [0.25, 0.3) is 5.91 Å². The molecule has 5 rings (SSSR count). The molecule has 0 saturated heterocycles. The molecule has 2 aliphatic rings. The minimum Gasteiger partial charge on any atom is -0.507 e. The van der Waals surface area contributed by atoms with E-state index < -0.39 is 11.5 Å². The van der Waals surface area contributed by atoms with Crippen LogP contribution in [0.1, 0.15) is 22.6 Å². The molecule has 0 bridgehead atoms. The van der Waals surface area contributed by atoms with E-state index in [1.807, 2.05) is 13.0 Å². The van der Waals surface area contributed by atoms with Crippen molar-refractivity contribution < 1.29 is 28.9 Å². The van der Waals surface area contributed by atoms with Gasteiger partial charge in [-0.15, -0.1) is 0 Å². The van der Waals surface area contributed by atoms with Crippen LogP contribution in [0.3, 0.4) is 0 Å². The van der Waals surface area contributed by atoms with E-state index in [4.69, 9.17) is 13.9 Å². The van der Waals surface area contributed by atoms with Crippen LogP contribution in [-0.4, -0.2) is 22.9 Å². The van der Waals surface area contributed by atoms with E-state index in [2.05, 4.69) is 0 Å². The molecule has 3 aromatic rings. The molecular formula is C21H17NO6. The average Bonchev–Trinajstić information content (AvgIpc) is 3.36. The van der Waals surface area contributed by atoms with Crippen molar-refractivity contribution in [3.05, 3.63) is 71.2 Å². The number of para-hydroxylation sites is 1. The van der Waals surface area contributed by atoms with Crippen LogP contribution >= 0.6 is 0 Å². The highest BCUT2D eigenvalue weighted by Crippen LogP contribution is 2.50. The van der Waals surface area contributed by atoms with E-state index in [9.17, 15) is 15.0 Å². The molecule has 0 aliphatic carbocycles. The molecule has 0 saturated carbocycles. The second-order valence-electron chi connectivity index (χ2n) is 6.85. The van der Waals surface area contributed by atoms with Crippen LogP contribution in [0.2, 0.25) is 0 Å². The summed E-state index contributed by atoms with van der Waals surface area (Å²) in [7, 11) is 0. The van der Waals surface area contributed by atoms with Crippen LogP contribution in [0, 0.1) is 6.92 Å². The first kappa shape index (κ1) is 16.7. The number of hydrogen-bond acceptors (Lipinski definition) is 6.